The number of aromatic nitrogens is 2. The number of rotatable bonds is 1. The number of fused-ring (bicyclic) bond motifs is 6. The minimum atomic E-state index is 1.01. The maximum absolute atomic E-state index is 5.01. The van der Waals surface area contributed by atoms with Gasteiger partial charge in [-0.3, -0.25) is 4.40 Å². The van der Waals surface area contributed by atoms with Crippen LogP contribution in [0.5, 0.6) is 0 Å². The summed E-state index contributed by atoms with van der Waals surface area (Å²) in [6.45, 7) is 4.36. The Morgan fingerprint density at radius 2 is 1.44 bits per heavy atom. The van der Waals surface area contributed by atoms with Crippen LogP contribution in [0, 0.1) is 13.8 Å². The Labute approximate surface area is 146 Å². The second-order valence-corrected chi connectivity index (χ2v) is 6.65. The van der Waals surface area contributed by atoms with Crippen molar-refractivity contribution in [2.24, 2.45) is 0 Å². The van der Waals surface area contributed by atoms with Gasteiger partial charge >= 0.3 is 0 Å². The summed E-state index contributed by atoms with van der Waals surface area (Å²) in [4.78, 5) is 5.01. The first-order valence-electron chi connectivity index (χ1n) is 8.59. The Balaban J connectivity index is 2.04. The molecule has 0 N–H and O–H groups in total. The van der Waals surface area contributed by atoms with Gasteiger partial charge in [-0.1, -0.05) is 60.7 Å². The van der Waals surface area contributed by atoms with Crippen LogP contribution in [0.2, 0.25) is 0 Å². The highest BCUT2D eigenvalue weighted by Crippen LogP contribution is 2.34. The molecule has 5 aromatic rings. The predicted molar refractivity (Wildman–Crippen MR) is 105 cm³/mol. The highest BCUT2D eigenvalue weighted by atomic mass is 15.0. The zero-order chi connectivity index (χ0) is 17.0. The second kappa shape index (κ2) is 5.18. The molecule has 0 saturated carbocycles. The van der Waals surface area contributed by atoms with Crippen molar-refractivity contribution in [3.05, 3.63) is 84.1 Å². The van der Waals surface area contributed by atoms with E-state index in [1.807, 2.05) is 6.07 Å². The number of hydrogen-bond donors (Lipinski definition) is 0. The summed E-state index contributed by atoms with van der Waals surface area (Å²) >= 11 is 0. The molecule has 0 aliphatic rings. The zero-order valence-electron chi connectivity index (χ0n) is 14.3. The lowest BCUT2D eigenvalue weighted by molar-refractivity contribution is 1.26. The third-order valence-electron chi connectivity index (χ3n) is 5.05. The first-order valence-corrected chi connectivity index (χ1v) is 8.59. The van der Waals surface area contributed by atoms with E-state index in [1.165, 1.54) is 32.8 Å². The van der Waals surface area contributed by atoms with Gasteiger partial charge in [-0.25, -0.2) is 4.98 Å². The highest BCUT2D eigenvalue weighted by molar-refractivity contribution is 6.14. The molecule has 2 heterocycles. The Morgan fingerprint density at radius 3 is 2.24 bits per heavy atom. The average molecular weight is 322 g/mol. The largest absolute Gasteiger partial charge is 0.298 e. The maximum atomic E-state index is 5.01. The number of benzene rings is 3. The van der Waals surface area contributed by atoms with Gasteiger partial charge in [-0.05, 0) is 36.4 Å². The molecule has 3 aromatic carbocycles. The summed E-state index contributed by atoms with van der Waals surface area (Å²) in [6.07, 6.45) is 2.16. The molecule has 2 nitrogen and oxygen atoms in total. The summed E-state index contributed by atoms with van der Waals surface area (Å²) < 4.78 is 2.25. The first-order chi connectivity index (χ1) is 12.2. The topological polar surface area (TPSA) is 17.3 Å². The third-order valence-corrected chi connectivity index (χ3v) is 5.05. The summed E-state index contributed by atoms with van der Waals surface area (Å²) in [5, 5.41) is 3.84. The predicted octanol–water partition coefficient (Wildman–Crippen LogP) is 5.92. The lowest BCUT2D eigenvalue weighted by atomic mass is 9.99. The molecule has 0 aliphatic carbocycles. The summed E-state index contributed by atoms with van der Waals surface area (Å²) in [5.74, 6) is 0. The Kier molecular flexibility index (Phi) is 2.95. The van der Waals surface area contributed by atoms with E-state index < -0.39 is 0 Å². The number of hydrogen-bond acceptors (Lipinski definition) is 1. The molecule has 0 aliphatic heterocycles. The van der Waals surface area contributed by atoms with Gasteiger partial charge in [0.2, 0.25) is 0 Å². The SMILES string of the molecule is Cc1cccc2c1c1cccc(C)c1c1nc(-c3ccccc3)cn21. The van der Waals surface area contributed by atoms with Gasteiger partial charge in [-0.15, -0.1) is 0 Å². The van der Waals surface area contributed by atoms with E-state index >= 15 is 0 Å². The van der Waals surface area contributed by atoms with E-state index in [2.05, 4.69) is 85.1 Å². The van der Waals surface area contributed by atoms with Gasteiger partial charge in [0.15, 0.2) is 0 Å². The fourth-order valence-electron chi connectivity index (χ4n) is 3.86. The van der Waals surface area contributed by atoms with E-state index in [-0.39, 0.29) is 0 Å². The van der Waals surface area contributed by atoms with Crippen molar-refractivity contribution in [3.8, 4) is 11.3 Å². The van der Waals surface area contributed by atoms with E-state index in [1.54, 1.807) is 0 Å². The van der Waals surface area contributed by atoms with Crippen LogP contribution in [0.3, 0.4) is 0 Å². The Hall–Kier alpha value is -3.13. The van der Waals surface area contributed by atoms with Gasteiger partial charge in [0, 0.05) is 22.5 Å². The van der Waals surface area contributed by atoms with Crippen LogP contribution < -0.4 is 0 Å². The van der Waals surface area contributed by atoms with Gasteiger partial charge in [0.1, 0.15) is 5.65 Å². The fraction of sp³-hybridized carbons (Fsp3) is 0.0870. The minimum Gasteiger partial charge on any atom is -0.298 e. The van der Waals surface area contributed by atoms with Gasteiger partial charge in [-0.2, -0.15) is 0 Å². The number of nitrogens with zero attached hydrogens (tertiary/aromatic N) is 2. The van der Waals surface area contributed by atoms with Crippen molar-refractivity contribution in [2.45, 2.75) is 13.8 Å². The zero-order valence-corrected chi connectivity index (χ0v) is 14.3. The number of pyridine rings is 1. The number of imidazole rings is 1. The fourth-order valence-corrected chi connectivity index (χ4v) is 3.86. The van der Waals surface area contributed by atoms with Crippen molar-refractivity contribution in [1.82, 2.24) is 9.38 Å². The molecule has 25 heavy (non-hydrogen) atoms. The average Bonchev–Trinajstić information content (AvgIpc) is 3.08. The molecule has 2 aromatic heterocycles. The van der Waals surface area contributed by atoms with Crippen LogP contribution in [0.4, 0.5) is 0 Å². The second-order valence-electron chi connectivity index (χ2n) is 6.65. The van der Waals surface area contributed by atoms with Crippen LogP contribution in [0.25, 0.3) is 38.6 Å². The highest BCUT2D eigenvalue weighted by Gasteiger charge is 2.14. The van der Waals surface area contributed by atoms with Crippen LogP contribution in [-0.2, 0) is 0 Å². The van der Waals surface area contributed by atoms with Gasteiger partial charge in [0.05, 0.1) is 11.2 Å². The molecule has 0 atom stereocenters. The van der Waals surface area contributed by atoms with Crippen LogP contribution in [0.15, 0.2) is 72.9 Å². The van der Waals surface area contributed by atoms with Crippen LogP contribution in [-0.4, -0.2) is 9.38 Å². The van der Waals surface area contributed by atoms with Crippen molar-refractivity contribution in [3.63, 3.8) is 0 Å². The van der Waals surface area contributed by atoms with E-state index in [0.29, 0.717) is 0 Å². The van der Waals surface area contributed by atoms with Crippen LogP contribution >= 0.6 is 0 Å². The molecule has 0 unspecified atom stereocenters. The normalized spacial score (nSPS) is 11.6. The molecule has 0 fully saturated rings. The first kappa shape index (κ1) is 14.2. The quantitative estimate of drug-likeness (QED) is 0.350. The van der Waals surface area contributed by atoms with Gasteiger partial charge < -0.3 is 0 Å². The molecule has 0 radical (unpaired) electrons. The lowest BCUT2D eigenvalue weighted by Crippen LogP contribution is -1.93. The van der Waals surface area contributed by atoms with Crippen molar-refractivity contribution in [2.75, 3.05) is 0 Å². The standard InChI is InChI=1S/C23H18N2/c1-15-9-7-13-20-21(15)18-12-6-8-16(2)22(18)23-24-19(14-25(20)23)17-10-4-3-5-11-17/h3-14H,1-2H3. The van der Waals surface area contributed by atoms with E-state index in [4.69, 9.17) is 4.98 Å². The third kappa shape index (κ3) is 2.01. The Bertz CT molecular complexity index is 1250. The molecule has 2 heteroatoms. The minimum absolute atomic E-state index is 1.01. The molecule has 120 valence electrons. The van der Waals surface area contributed by atoms with Crippen molar-refractivity contribution in [1.29, 1.82) is 0 Å². The van der Waals surface area contributed by atoms with E-state index in [9.17, 15) is 0 Å². The van der Waals surface area contributed by atoms with E-state index in [0.717, 1.165) is 16.9 Å². The molecular weight excluding hydrogens is 304 g/mol. The smallest absolute Gasteiger partial charge is 0.146 e. The molecule has 0 spiro atoms. The molecule has 5 rings (SSSR count). The number of aryl methyl sites for hydroxylation is 2. The molecule has 0 amide bonds. The van der Waals surface area contributed by atoms with Gasteiger partial charge in [0.25, 0.3) is 0 Å². The maximum Gasteiger partial charge on any atom is 0.146 e. The van der Waals surface area contributed by atoms with Crippen molar-refractivity contribution >= 4 is 27.3 Å². The molecule has 0 bridgehead atoms. The van der Waals surface area contributed by atoms with Crippen LogP contribution in [0.1, 0.15) is 11.1 Å². The van der Waals surface area contributed by atoms with Crippen molar-refractivity contribution < 1.29 is 0 Å². The summed E-state index contributed by atoms with van der Waals surface area (Å²) in [5.41, 5.74) is 6.96. The lowest BCUT2D eigenvalue weighted by Gasteiger charge is -2.11. The molecular formula is C23H18N2. The summed E-state index contributed by atoms with van der Waals surface area (Å²) in [6, 6.07) is 23.4. The monoisotopic (exact) mass is 322 g/mol. The molecule has 0 saturated heterocycles. The summed E-state index contributed by atoms with van der Waals surface area (Å²) in [7, 11) is 0. The Morgan fingerprint density at radius 1 is 0.720 bits per heavy atom.